The Labute approximate surface area is 94.2 Å². The Morgan fingerprint density at radius 1 is 1.38 bits per heavy atom. The first-order valence-corrected chi connectivity index (χ1v) is 4.84. The van der Waals surface area contributed by atoms with Gasteiger partial charge in [0.25, 0.3) is 0 Å². The second kappa shape index (κ2) is 5.16. The van der Waals surface area contributed by atoms with E-state index < -0.39 is 6.03 Å². The second-order valence-electron chi connectivity index (χ2n) is 3.65. The number of benzene rings is 1. The summed E-state index contributed by atoms with van der Waals surface area (Å²) in [5, 5.41) is 2.46. The molecule has 16 heavy (non-hydrogen) atoms. The van der Waals surface area contributed by atoms with Crippen LogP contribution >= 0.6 is 0 Å². The van der Waals surface area contributed by atoms with Crippen LogP contribution in [0.15, 0.2) is 24.3 Å². The minimum Gasteiger partial charge on any atom is -0.351 e. The maximum Gasteiger partial charge on any atom is 0.316 e. The summed E-state index contributed by atoms with van der Waals surface area (Å²) in [6.45, 7) is 0. The van der Waals surface area contributed by atoms with Crippen LogP contribution in [0.25, 0.3) is 0 Å². The normalized spacial score (nSPS) is 9.62. The Kier molecular flexibility index (Phi) is 3.88. The molecule has 0 saturated heterocycles. The molecule has 0 bridgehead atoms. The van der Waals surface area contributed by atoms with E-state index in [1.165, 1.54) is 4.90 Å². The molecule has 1 aromatic carbocycles. The predicted octanol–water partition coefficient (Wildman–Crippen LogP) is 0.808. The van der Waals surface area contributed by atoms with Crippen molar-refractivity contribution in [2.24, 2.45) is 5.73 Å². The summed E-state index contributed by atoms with van der Waals surface area (Å²) in [6.07, 6.45) is 0.307. The topological polar surface area (TPSA) is 75.4 Å². The molecule has 0 unspecified atom stereocenters. The third kappa shape index (κ3) is 3.61. The van der Waals surface area contributed by atoms with Crippen LogP contribution < -0.4 is 11.1 Å². The van der Waals surface area contributed by atoms with Gasteiger partial charge in [-0.3, -0.25) is 4.79 Å². The van der Waals surface area contributed by atoms with Gasteiger partial charge in [-0.1, -0.05) is 12.1 Å². The Morgan fingerprint density at radius 3 is 2.62 bits per heavy atom. The number of nitrogens with two attached hydrogens (primary N) is 1. The monoisotopic (exact) mass is 221 g/mol. The van der Waals surface area contributed by atoms with E-state index in [9.17, 15) is 9.59 Å². The number of nitrogens with zero attached hydrogens (tertiary/aromatic N) is 1. The van der Waals surface area contributed by atoms with E-state index in [0.29, 0.717) is 12.1 Å². The molecule has 3 amide bonds. The van der Waals surface area contributed by atoms with Crippen LogP contribution in [0.1, 0.15) is 5.56 Å². The second-order valence-corrected chi connectivity index (χ2v) is 3.65. The predicted molar refractivity (Wildman–Crippen MR) is 62.0 cm³/mol. The zero-order valence-corrected chi connectivity index (χ0v) is 9.36. The van der Waals surface area contributed by atoms with E-state index in [1.54, 1.807) is 32.3 Å². The van der Waals surface area contributed by atoms with Crippen LogP contribution in [0.2, 0.25) is 0 Å². The van der Waals surface area contributed by atoms with E-state index in [2.05, 4.69) is 5.32 Å². The fraction of sp³-hybridized carbons (Fsp3) is 0.273. The molecule has 0 heterocycles. The highest BCUT2D eigenvalue weighted by Gasteiger charge is 2.06. The van der Waals surface area contributed by atoms with Crippen LogP contribution in [-0.2, 0) is 11.2 Å². The van der Waals surface area contributed by atoms with Crippen LogP contribution in [0, 0.1) is 0 Å². The zero-order valence-electron chi connectivity index (χ0n) is 9.36. The summed E-state index contributed by atoms with van der Waals surface area (Å²) in [4.78, 5) is 23.6. The van der Waals surface area contributed by atoms with Crippen LogP contribution in [0.5, 0.6) is 0 Å². The van der Waals surface area contributed by atoms with Crippen LogP contribution in [0.4, 0.5) is 10.5 Å². The lowest BCUT2D eigenvalue weighted by Gasteiger charge is -2.10. The molecule has 0 spiro atoms. The lowest BCUT2D eigenvalue weighted by molar-refractivity contribution is -0.127. The molecule has 0 aromatic heterocycles. The molecule has 0 aliphatic carbocycles. The van der Waals surface area contributed by atoms with E-state index in [1.807, 2.05) is 6.07 Å². The highest BCUT2D eigenvalue weighted by molar-refractivity contribution is 5.88. The molecule has 0 aliphatic heterocycles. The smallest absolute Gasteiger partial charge is 0.316 e. The first kappa shape index (κ1) is 12.0. The van der Waals surface area contributed by atoms with Gasteiger partial charge in [-0.05, 0) is 17.7 Å². The van der Waals surface area contributed by atoms with Crippen LogP contribution in [-0.4, -0.2) is 30.9 Å². The number of amides is 3. The van der Waals surface area contributed by atoms with Gasteiger partial charge in [0.2, 0.25) is 5.91 Å². The molecular weight excluding hydrogens is 206 g/mol. The van der Waals surface area contributed by atoms with Crippen molar-refractivity contribution in [3.8, 4) is 0 Å². The molecule has 1 aromatic rings. The summed E-state index contributed by atoms with van der Waals surface area (Å²) in [5.41, 5.74) is 6.43. The van der Waals surface area contributed by atoms with E-state index in [4.69, 9.17) is 5.73 Å². The van der Waals surface area contributed by atoms with Crippen molar-refractivity contribution in [1.29, 1.82) is 0 Å². The standard InChI is InChI=1S/C11H15N3O2/c1-14(2)10(15)7-8-4-3-5-9(6-8)13-11(12)16/h3-6H,7H2,1-2H3,(H3,12,13,16). The van der Waals surface area contributed by atoms with E-state index >= 15 is 0 Å². The van der Waals surface area contributed by atoms with Gasteiger partial charge >= 0.3 is 6.03 Å². The van der Waals surface area contributed by atoms with Gasteiger partial charge in [0.15, 0.2) is 0 Å². The molecule has 0 saturated carbocycles. The first-order valence-electron chi connectivity index (χ1n) is 4.84. The van der Waals surface area contributed by atoms with Crippen molar-refractivity contribution in [2.45, 2.75) is 6.42 Å². The number of nitrogens with one attached hydrogen (secondary N) is 1. The minimum absolute atomic E-state index is 0.0104. The minimum atomic E-state index is -0.615. The maximum absolute atomic E-state index is 11.5. The number of carbonyl (C=O) groups excluding carboxylic acids is 2. The maximum atomic E-state index is 11.5. The van der Waals surface area contributed by atoms with Gasteiger partial charge in [0.05, 0.1) is 6.42 Å². The summed E-state index contributed by atoms with van der Waals surface area (Å²) >= 11 is 0. The van der Waals surface area contributed by atoms with Gasteiger partial charge in [-0.2, -0.15) is 0 Å². The van der Waals surface area contributed by atoms with E-state index in [-0.39, 0.29) is 5.91 Å². The fourth-order valence-electron chi connectivity index (χ4n) is 1.23. The van der Waals surface area contributed by atoms with Crippen molar-refractivity contribution in [3.05, 3.63) is 29.8 Å². The zero-order chi connectivity index (χ0) is 12.1. The molecule has 0 atom stereocenters. The summed E-state index contributed by atoms with van der Waals surface area (Å²) in [7, 11) is 3.40. The van der Waals surface area contributed by atoms with Crippen molar-refractivity contribution in [3.63, 3.8) is 0 Å². The van der Waals surface area contributed by atoms with Gasteiger partial charge in [-0.25, -0.2) is 4.79 Å². The molecular formula is C11H15N3O2. The van der Waals surface area contributed by atoms with Gasteiger partial charge in [0.1, 0.15) is 0 Å². The Morgan fingerprint density at radius 2 is 2.06 bits per heavy atom. The number of carbonyl (C=O) groups is 2. The summed E-state index contributed by atoms with van der Waals surface area (Å²) in [5.74, 6) is 0.0104. The third-order valence-electron chi connectivity index (χ3n) is 2.05. The van der Waals surface area contributed by atoms with E-state index in [0.717, 1.165) is 5.56 Å². The Bertz CT molecular complexity index is 402. The first-order chi connectivity index (χ1) is 7.49. The lowest BCUT2D eigenvalue weighted by atomic mass is 10.1. The molecule has 3 N–H and O–H groups in total. The fourth-order valence-corrected chi connectivity index (χ4v) is 1.23. The van der Waals surface area contributed by atoms with Crippen molar-refractivity contribution in [2.75, 3.05) is 19.4 Å². The van der Waals surface area contributed by atoms with Crippen LogP contribution in [0.3, 0.4) is 0 Å². The quantitative estimate of drug-likeness (QED) is 0.792. The largest absolute Gasteiger partial charge is 0.351 e. The highest BCUT2D eigenvalue weighted by atomic mass is 16.2. The number of primary amides is 1. The molecule has 86 valence electrons. The van der Waals surface area contributed by atoms with Gasteiger partial charge in [0, 0.05) is 19.8 Å². The number of hydrogen-bond donors (Lipinski definition) is 2. The van der Waals surface area contributed by atoms with Crippen molar-refractivity contribution >= 4 is 17.6 Å². The lowest BCUT2D eigenvalue weighted by Crippen LogP contribution is -2.23. The van der Waals surface area contributed by atoms with Crippen molar-refractivity contribution in [1.82, 2.24) is 4.90 Å². The number of urea groups is 1. The van der Waals surface area contributed by atoms with Crippen molar-refractivity contribution < 1.29 is 9.59 Å². The molecule has 5 heteroatoms. The van der Waals surface area contributed by atoms with Gasteiger partial charge < -0.3 is 16.0 Å². The molecule has 0 aliphatic rings. The number of rotatable bonds is 3. The summed E-state index contributed by atoms with van der Waals surface area (Å²) in [6, 6.07) is 6.42. The summed E-state index contributed by atoms with van der Waals surface area (Å²) < 4.78 is 0. The number of anilines is 1. The Balaban J connectivity index is 2.74. The molecule has 0 radical (unpaired) electrons. The molecule has 5 nitrogen and oxygen atoms in total. The SMILES string of the molecule is CN(C)C(=O)Cc1cccc(NC(N)=O)c1. The average Bonchev–Trinajstić information content (AvgIpc) is 2.16. The van der Waals surface area contributed by atoms with Gasteiger partial charge in [-0.15, -0.1) is 0 Å². The molecule has 1 rings (SSSR count). The third-order valence-corrected chi connectivity index (χ3v) is 2.05. The molecule has 0 fully saturated rings. The highest BCUT2D eigenvalue weighted by Crippen LogP contribution is 2.11. The Hall–Kier alpha value is -2.04. The number of likely N-dealkylation sites (N-methyl/N-ethyl adjacent to an activating group) is 1. The number of hydrogen-bond acceptors (Lipinski definition) is 2. The average molecular weight is 221 g/mol.